The Balaban J connectivity index is 1.80. The van der Waals surface area contributed by atoms with Crippen LogP contribution in [0.25, 0.3) is 0 Å². The molecular formula is C23H18F2N2O. The Hall–Kier alpha value is -3.52. The minimum Gasteiger partial charge on any atom is -0.334 e. The number of hydrogen-bond donors (Lipinski definition) is 0. The molecule has 3 rings (SSSR count). The highest BCUT2D eigenvalue weighted by Gasteiger charge is 2.16. The molecular weight excluding hydrogens is 358 g/mol. The van der Waals surface area contributed by atoms with Gasteiger partial charge in [0.15, 0.2) is 0 Å². The second-order valence-corrected chi connectivity index (χ2v) is 6.49. The van der Waals surface area contributed by atoms with E-state index in [-0.39, 0.29) is 30.5 Å². The van der Waals surface area contributed by atoms with Gasteiger partial charge in [0.05, 0.1) is 18.1 Å². The van der Waals surface area contributed by atoms with Gasteiger partial charge in [0.2, 0.25) is 5.91 Å². The number of nitriles is 1. The average molecular weight is 376 g/mol. The van der Waals surface area contributed by atoms with E-state index < -0.39 is 0 Å². The van der Waals surface area contributed by atoms with Gasteiger partial charge >= 0.3 is 0 Å². The first kappa shape index (κ1) is 19.2. The third-order valence-electron chi connectivity index (χ3n) is 4.34. The second-order valence-electron chi connectivity index (χ2n) is 6.49. The van der Waals surface area contributed by atoms with Gasteiger partial charge in [-0.25, -0.2) is 8.78 Å². The van der Waals surface area contributed by atoms with Gasteiger partial charge < -0.3 is 4.90 Å². The van der Waals surface area contributed by atoms with Crippen LogP contribution in [0.5, 0.6) is 0 Å². The molecule has 0 radical (unpaired) electrons. The fourth-order valence-electron chi connectivity index (χ4n) is 2.88. The molecule has 140 valence electrons. The Morgan fingerprint density at radius 3 is 2.11 bits per heavy atom. The van der Waals surface area contributed by atoms with Crippen molar-refractivity contribution in [3.8, 4) is 6.07 Å². The molecule has 0 heterocycles. The molecule has 28 heavy (non-hydrogen) atoms. The Kier molecular flexibility index (Phi) is 6.13. The zero-order chi connectivity index (χ0) is 19.9. The maximum atomic E-state index is 13.5. The minimum absolute atomic E-state index is 0.117. The number of benzene rings is 3. The first-order valence-electron chi connectivity index (χ1n) is 8.79. The molecule has 0 N–H and O–H groups in total. The van der Waals surface area contributed by atoms with Crippen molar-refractivity contribution >= 4 is 5.91 Å². The lowest BCUT2D eigenvalue weighted by molar-refractivity contribution is -0.131. The molecule has 0 aliphatic carbocycles. The predicted molar refractivity (Wildman–Crippen MR) is 102 cm³/mol. The van der Waals surface area contributed by atoms with Gasteiger partial charge in [-0.2, -0.15) is 5.26 Å². The van der Waals surface area contributed by atoms with Crippen LogP contribution in [0, 0.1) is 23.0 Å². The summed E-state index contributed by atoms with van der Waals surface area (Å²) in [6.45, 7) is 0.569. The number of halogens is 2. The number of carbonyl (C=O) groups excluding carboxylic acids is 1. The second kappa shape index (κ2) is 8.92. The maximum Gasteiger partial charge on any atom is 0.227 e. The van der Waals surface area contributed by atoms with Crippen LogP contribution in [0.1, 0.15) is 22.3 Å². The zero-order valence-electron chi connectivity index (χ0n) is 15.1. The van der Waals surface area contributed by atoms with Crippen LogP contribution in [-0.4, -0.2) is 10.8 Å². The number of rotatable bonds is 6. The van der Waals surface area contributed by atoms with Gasteiger partial charge in [0.25, 0.3) is 0 Å². The molecule has 0 unspecified atom stereocenters. The van der Waals surface area contributed by atoms with Gasteiger partial charge in [0, 0.05) is 13.1 Å². The van der Waals surface area contributed by atoms with E-state index in [0.717, 1.165) is 5.56 Å². The van der Waals surface area contributed by atoms with E-state index in [1.54, 1.807) is 53.4 Å². The molecule has 0 spiro atoms. The third kappa shape index (κ3) is 5.24. The summed E-state index contributed by atoms with van der Waals surface area (Å²) in [4.78, 5) is 14.5. The standard InChI is InChI=1S/C23H18F2N2O/c24-21-10-8-17(9-11-21)13-23(28)27(16-20-2-1-3-22(25)12-20)15-19-6-4-18(14-26)5-7-19/h1-12H,13,15-16H2. The highest BCUT2D eigenvalue weighted by atomic mass is 19.1. The van der Waals surface area contributed by atoms with Gasteiger partial charge in [-0.05, 0) is 53.1 Å². The van der Waals surface area contributed by atoms with Crippen LogP contribution in [0.15, 0.2) is 72.8 Å². The lowest BCUT2D eigenvalue weighted by Gasteiger charge is -2.23. The summed E-state index contributed by atoms with van der Waals surface area (Å²) in [5.41, 5.74) is 2.79. The summed E-state index contributed by atoms with van der Waals surface area (Å²) >= 11 is 0. The van der Waals surface area contributed by atoms with Crippen molar-refractivity contribution in [3.63, 3.8) is 0 Å². The molecule has 0 aromatic heterocycles. The van der Waals surface area contributed by atoms with Gasteiger partial charge in [-0.3, -0.25) is 4.79 Å². The normalized spacial score (nSPS) is 10.3. The Morgan fingerprint density at radius 2 is 1.46 bits per heavy atom. The fraction of sp³-hybridized carbons (Fsp3) is 0.130. The third-order valence-corrected chi connectivity index (χ3v) is 4.34. The maximum absolute atomic E-state index is 13.5. The number of amides is 1. The Labute approximate surface area is 162 Å². The fourth-order valence-corrected chi connectivity index (χ4v) is 2.88. The summed E-state index contributed by atoms with van der Waals surface area (Å²) in [6.07, 6.45) is 0.117. The quantitative estimate of drug-likeness (QED) is 0.631. The van der Waals surface area contributed by atoms with E-state index in [4.69, 9.17) is 5.26 Å². The molecule has 3 aromatic rings. The van der Waals surface area contributed by atoms with E-state index in [1.807, 2.05) is 0 Å². The largest absolute Gasteiger partial charge is 0.334 e. The summed E-state index contributed by atoms with van der Waals surface area (Å²) in [5, 5.41) is 8.93. The van der Waals surface area contributed by atoms with Gasteiger partial charge in [-0.15, -0.1) is 0 Å². The van der Waals surface area contributed by atoms with Crippen LogP contribution < -0.4 is 0 Å². The van der Waals surface area contributed by atoms with Crippen LogP contribution in [0.2, 0.25) is 0 Å². The molecule has 0 bridgehead atoms. The highest BCUT2D eigenvalue weighted by Crippen LogP contribution is 2.15. The van der Waals surface area contributed by atoms with Crippen LogP contribution >= 0.6 is 0 Å². The minimum atomic E-state index is -0.359. The number of carbonyl (C=O) groups is 1. The number of nitrogens with zero attached hydrogens (tertiary/aromatic N) is 2. The summed E-state index contributed by atoms with van der Waals surface area (Å²) in [5.74, 6) is -0.868. The molecule has 0 atom stereocenters. The van der Waals surface area contributed by atoms with Crippen molar-refractivity contribution in [2.45, 2.75) is 19.5 Å². The predicted octanol–water partition coefficient (Wildman–Crippen LogP) is 4.61. The monoisotopic (exact) mass is 376 g/mol. The van der Waals surface area contributed by atoms with Crippen LogP contribution in [-0.2, 0) is 24.3 Å². The molecule has 1 amide bonds. The van der Waals surface area contributed by atoms with Crippen LogP contribution in [0.4, 0.5) is 8.78 Å². The molecule has 0 fully saturated rings. The molecule has 5 heteroatoms. The Bertz CT molecular complexity index is 992. The highest BCUT2D eigenvalue weighted by molar-refractivity contribution is 5.78. The van der Waals surface area contributed by atoms with E-state index in [0.29, 0.717) is 23.2 Å². The zero-order valence-corrected chi connectivity index (χ0v) is 15.1. The topological polar surface area (TPSA) is 44.1 Å². The lowest BCUT2D eigenvalue weighted by Crippen LogP contribution is -2.31. The SMILES string of the molecule is N#Cc1ccc(CN(Cc2cccc(F)c2)C(=O)Cc2ccc(F)cc2)cc1. The smallest absolute Gasteiger partial charge is 0.227 e. The first-order valence-corrected chi connectivity index (χ1v) is 8.79. The molecule has 3 aromatic carbocycles. The van der Waals surface area contributed by atoms with Crippen molar-refractivity contribution in [2.75, 3.05) is 0 Å². The Morgan fingerprint density at radius 1 is 0.821 bits per heavy atom. The first-order chi connectivity index (χ1) is 13.5. The van der Waals surface area contributed by atoms with Crippen molar-refractivity contribution in [1.29, 1.82) is 5.26 Å². The van der Waals surface area contributed by atoms with Crippen LogP contribution in [0.3, 0.4) is 0 Å². The average Bonchev–Trinajstić information content (AvgIpc) is 2.70. The van der Waals surface area contributed by atoms with E-state index >= 15 is 0 Å². The molecule has 0 aliphatic rings. The molecule has 0 saturated heterocycles. The van der Waals surface area contributed by atoms with Crippen molar-refractivity contribution in [2.24, 2.45) is 0 Å². The van der Waals surface area contributed by atoms with E-state index in [9.17, 15) is 13.6 Å². The van der Waals surface area contributed by atoms with Gasteiger partial charge in [0.1, 0.15) is 11.6 Å². The van der Waals surface area contributed by atoms with Crippen molar-refractivity contribution in [3.05, 3.63) is 107 Å². The molecule has 0 saturated carbocycles. The number of hydrogen-bond acceptors (Lipinski definition) is 2. The summed E-state index contributed by atoms with van der Waals surface area (Å²) in [7, 11) is 0. The van der Waals surface area contributed by atoms with Crippen molar-refractivity contribution in [1.82, 2.24) is 4.90 Å². The van der Waals surface area contributed by atoms with E-state index in [2.05, 4.69) is 6.07 Å². The molecule has 0 aliphatic heterocycles. The van der Waals surface area contributed by atoms with Crippen molar-refractivity contribution < 1.29 is 13.6 Å². The van der Waals surface area contributed by atoms with Gasteiger partial charge in [-0.1, -0.05) is 36.4 Å². The summed E-state index contributed by atoms with van der Waals surface area (Å²) in [6, 6.07) is 21.0. The van der Waals surface area contributed by atoms with E-state index in [1.165, 1.54) is 24.3 Å². The summed E-state index contributed by atoms with van der Waals surface area (Å²) < 4.78 is 26.6. The molecule has 3 nitrogen and oxygen atoms in total. The lowest BCUT2D eigenvalue weighted by atomic mass is 10.1.